The van der Waals surface area contributed by atoms with E-state index in [4.69, 9.17) is 25.8 Å². The van der Waals surface area contributed by atoms with Crippen molar-refractivity contribution in [3.63, 3.8) is 0 Å². The fourth-order valence-electron chi connectivity index (χ4n) is 3.77. The van der Waals surface area contributed by atoms with Crippen molar-refractivity contribution in [1.29, 1.82) is 5.26 Å². The highest BCUT2D eigenvalue weighted by Gasteiger charge is 2.77. The molecule has 0 radical (unpaired) electrons. The summed E-state index contributed by atoms with van der Waals surface area (Å²) in [4.78, 5) is 12.7. The summed E-state index contributed by atoms with van der Waals surface area (Å²) in [5.74, 6) is -0.799. The van der Waals surface area contributed by atoms with Gasteiger partial charge in [-0.25, -0.2) is 8.42 Å². The van der Waals surface area contributed by atoms with Crippen LogP contribution in [-0.4, -0.2) is 33.0 Å². The highest BCUT2D eigenvalue weighted by molar-refractivity contribution is 7.92. The number of halogens is 1. The molecular weight excluding hydrogens is 418 g/mol. The van der Waals surface area contributed by atoms with Crippen LogP contribution in [0.5, 0.6) is 11.5 Å². The number of fused-ring (bicyclic) bond motifs is 1. The zero-order valence-electron chi connectivity index (χ0n) is 15.3. The van der Waals surface area contributed by atoms with Gasteiger partial charge < -0.3 is 14.2 Å². The first-order valence-corrected chi connectivity index (χ1v) is 10.8. The monoisotopic (exact) mass is 433 g/mol. The minimum atomic E-state index is -4.03. The largest absolute Gasteiger partial charge is 0.465 e. The number of carbonyl (C=O) groups excluding carboxylic acids is 1. The Morgan fingerprint density at radius 2 is 1.93 bits per heavy atom. The summed E-state index contributed by atoms with van der Waals surface area (Å²) in [7, 11) is -4.03. The van der Waals surface area contributed by atoms with E-state index in [9.17, 15) is 18.5 Å². The van der Waals surface area contributed by atoms with Crippen molar-refractivity contribution in [2.75, 3.05) is 13.4 Å². The number of benzene rings is 2. The van der Waals surface area contributed by atoms with Crippen molar-refractivity contribution in [2.24, 2.45) is 5.41 Å². The minimum absolute atomic E-state index is 0.0148. The molecule has 1 aliphatic heterocycles. The normalized spacial score (nSPS) is 24.6. The van der Waals surface area contributed by atoms with E-state index in [2.05, 4.69) is 0 Å². The molecule has 1 saturated carbocycles. The van der Waals surface area contributed by atoms with E-state index >= 15 is 0 Å². The standard InChI is InChI=1S/C20H16ClNO6S/c1-2-26-19(23)20(10-22)17(12-3-8-15-16(9-12)28-11-27-15)18(20)29(24,25)14-6-4-13(21)5-7-14/h3-9,17-18H,2,11H2,1H3/t17-,18-,20+/m0/s1. The topological polar surface area (TPSA) is 103 Å². The van der Waals surface area contributed by atoms with E-state index in [1.807, 2.05) is 6.07 Å². The lowest BCUT2D eigenvalue weighted by molar-refractivity contribution is -0.147. The van der Waals surface area contributed by atoms with Gasteiger partial charge in [0.1, 0.15) is 5.25 Å². The van der Waals surface area contributed by atoms with Gasteiger partial charge in [0.25, 0.3) is 0 Å². The van der Waals surface area contributed by atoms with Crippen molar-refractivity contribution >= 4 is 27.4 Å². The van der Waals surface area contributed by atoms with Crippen LogP contribution >= 0.6 is 11.6 Å². The Hall–Kier alpha value is -2.76. The Labute approximate surface area is 172 Å². The van der Waals surface area contributed by atoms with Crippen LogP contribution in [0.2, 0.25) is 5.02 Å². The predicted molar refractivity (Wildman–Crippen MR) is 102 cm³/mol. The maximum absolute atomic E-state index is 13.3. The summed E-state index contributed by atoms with van der Waals surface area (Å²) in [5, 5.41) is 9.00. The third-order valence-electron chi connectivity index (χ3n) is 5.16. The molecule has 29 heavy (non-hydrogen) atoms. The zero-order chi connectivity index (χ0) is 20.8. The molecule has 1 aliphatic carbocycles. The minimum Gasteiger partial charge on any atom is -0.465 e. The molecule has 1 heterocycles. The van der Waals surface area contributed by atoms with E-state index < -0.39 is 32.4 Å². The van der Waals surface area contributed by atoms with Crippen molar-refractivity contribution in [2.45, 2.75) is 23.0 Å². The van der Waals surface area contributed by atoms with Crippen LogP contribution in [0.1, 0.15) is 18.4 Å². The number of rotatable bonds is 5. The number of hydrogen-bond donors (Lipinski definition) is 0. The molecule has 1 fully saturated rings. The van der Waals surface area contributed by atoms with Gasteiger partial charge in [-0.1, -0.05) is 17.7 Å². The quantitative estimate of drug-likeness (QED) is 0.667. The molecule has 0 saturated heterocycles. The summed E-state index contributed by atoms with van der Waals surface area (Å²) >= 11 is 5.86. The molecule has 0 unspecified atom stereocenters. The summed E-state index contributed by atoms with van der Waals surface area (Å²) in [5.41, 5.74) is -1.35. The average molecular weight is 434 g/mol. The second kappa shape index (κ2) is 6.94. The number of nitrogens with zero attached hydrogens (tertiary/aromatic N) is 1. The Kier molecular flexibility index (Phi) is 4.68. The first-order chi connectivity index (χ1) is 13.9. The molecule has 2 aromatic rings. The van der Waals surface area contributed by atoms with Gasteiger partial charge in [-0.15, -0.1) is 0 Å². The van der Waals surface area contributed by atoms with Crippen LogP contribution in [-0.2, 0) is 19.4 Å². The second-order valence-corrected chi connectivity index (χ2v) is 9.22. The predicted octanol–water partition coefficient (Wildman–Crippen LogP) is 3.08. The molecule has 3 atom stereocenters. The molecule has 9 heteroatoms. The maximum atomic E-state index is 13.3. The number of hydrogen-bond acceptors (Lipinski definition) is 7. The van der Waals surface area contributed by atoms with Crippen molar-refractivity contribution in [1.82, 2.24) is 0 Å². The van der Waals surface area contributed by atoms with Gasteiger partial charge in [0, 0.05) is 10.9 Å². The lowest BCUT2D eigenvalue weighted by Gasteiger charge is -2.09. The van der Waals surface area contributed by atoms with E-state index in [0.717, 1.165) is 0 Å². The fraction of sp³-hybridized carbons (Fsp3) is 0.300. The number of sulfone groups is 1. The third-order valence-corrected chi connectivity index (χ3v) is 7.66. The molecule has 150 valence electrons. The molecule has 0 amide bonds. The van der Waals surface area contributed by atoms with E-state index in [-0.39, 0.29) is 18.3 Å². The molecule has 0 spiro atoms. The number of ether oxygens (including phenoxy) is 3. The first kappa shape index (κ1) is 19.6. The summed E-state index contributed by atoms with van der Waals surface area (Å²) < 4.78 is 42.4. The molecule has 0 bridgehead atoms. The third kappa shape index (κ3) is 2.93. The maximum Gasteiger partial charge on any atom is 0.328 e. The first-order valence-electron chi connectivity index (χ1n) is 8.83. The Bertz CT molecular complexity index is 1120. The van der Waals surface area contributed by atoms with Gasteiger partial charge in [-0.2, -0.15) is 5.26 Å². The van der Waals surface area contributed by atoms with Gasteiger partial charge >= 0.3 is 5.97 Å². The highest BCUT2D eigenvalue weighted by Crippen LogP contribution is 2.65. The van der Waals surface area contributed by atoms with Crippen LogP contribution in [0.25, 0.3) is 0 Å². The number of nitriles is 1. The van der Waals surface area contributed by atoms with Crippen molar-refractivity contribution in [3.05, 3.63) is 53.1 Å². The molecule has 4 rings (SSSR count). The van der Waals surface area contributed by atoms with Crippen LogP contribution in [0.4, 0.5) is 0 Å². The second-order valence-electron chi connectivity index (χ2n) is 6.71. The smallest absolute Gasteiger partial charge is 0.328 e. The van der Waals surface area contributed by atoms with Crippen LogP contribution < -0.4 is 9.47 Å². The highest BCUT2D eigenvalue weighted by atomic mass is 35.5. The Balaban J connectivity index is 1.82. The fourth-order valence-corrected chi connectivity index (χ4v) is 6.14. The lowest BCUT2D eigenvalue weighted by Crippen LogP contribution is -2.25. The van der Waals surface area contributed by atoms with Gasteiger partial charge in [-0.3, -0.25) is 4.79 Å². The Morgan fingerprint density at radius 1 is 1.24 bits per heavy atom. The number of esters is 1. The molecule has 0 N–H and O–H groups in total. The van der Waals surface area contributed by atoms with E-state index in [0.29, 0.717) is 22.1 Å². The summed E-state index contributed by atoms with van der Waals surface area (Å²) in [6, 6.07) is 12.4. The van der Waals surface area contributed by atoms with Crippen LogP contribution in [0.3, 0.4) is 0 Å². The Morgan fingerprint density at radius 3 is 2.59 bits per heavy atom. The lowest BCUT2D eigenvalue weighted by atomic mass is 10.0. The molecular formula is C20H16ClNO6S. The average Bonchev–Trinajstić information content (AvgIpc) is 3.20. The number of carbonyl (C=O) groups is 1. The molecule has 0 aromatic heterocycles. The van der Waals surface area contributed by atoms with Crippen LogP contribution in [0, 0.1) is 16.7 Å². The van der Waals surface area contributed by atoms with Crippen molar-refractivity contribution < 1.29 is 27.4 Å². The molecule has 2 aromatic carbocycles. The van der Waals surface area contributed by atoms with E-state index in [1.165, 1.54) is 24.3 Å². The van der Waals surface area contributed by atoms with Gasteiger partial charge in [-0.05, 0) is 48.9 Å². The SMILES string of the molecule is CCOC(=O)[C@]1(C#N)[C@@H](c2ccc3c(c2)OCO3)[C@@H]1S(=O)(=O)c1ccc(Cl)cc1. The summed E-state index contributed by atoms with van der Waals surface area (Å²) in [6.07, 6.45) is 0. The van der Waals surface area contributed by atoms with Gasteiger partial charge in [0.15, 0.2) is 26.8 Å². The van der Waals surface area contributed by atoms with Crippen LogP contribution in [0.15, 0.2) is 47.4 Å². The molecule has 7 nitrogen and oxygen atoms in total. The molecule has 2 aliphatic rings. The van der Waals surface area contributed by atoms with Crippen molar-refractivity contribution in [3.8, 4) is 17.6 Å². The van der Waals surface area contributed by atoms with Gasteiger partial charge in [0.2, 0.25) is 6.79 Å². The zero-order valence-corrected chi connectivity index (χ0v) is 16.9. The van der Waals surface area contributed by atoms with E-state index in [1.54, 1.807) is 25.1 Å². The summed E-state index contributed by atoms with van der Waals surface area (Å²) in [6.45, 7) is 1.69. The van der Waals surface area contributed by atoms with Gasteiger partial charge in [0.05, 0.1) is 17.6 Å².